The first kappa shape index (κ1) is 15.8. The average molecular weight is 335 g/mol. The lowest BCUT2D eigenvalue weighted by Gasteiger charge is -2.33. The van der Waals surface area contributed by atoms with Crippen molar-refractivity contribution < 1.29 is 4.52 Å². The molecule has 128 valence electrons. The van der Waals surface area contributed by atoms with Crippen LogP contribution in [0.25, 0.3) is 22.8 Å². The number of aromatic nitrogens is 3. The topological polar surface area (TPSA) is 58.3 Å². The fraction of sp³-hybridized carbons (Fsp3) is 0.316. The summed E-state index contributed by atoms with van der Waals surface area (Å²) in [5.74, 6) is 2.11. The summed E-state index contributed by atoms with van der Waals surface area (Å²) >= 11 is 0. The Hall–Kier alpha value is -2.73. The standard InChI is InChI=1S/C19H21N5O/c1-14-5-3-4-6-16(14)19-21-18(22-25-19)15-7-8-20-17(13-15)24-11-9-23(2)10-12-24/h3-8,13H,9-12H2,1-2H3. The molecule has 1 aromatic carbocycles. The molecule has 6 nitrogen and oxygen atoms in total. The molecular formula is C19H21N5O. The summed E-state index contributed by atoms with van der Waals surface area (Å²) in [6.45, 7) is 6.09. The Bertz CT molecular complexity index is 868. The van der Waals surface area contributed by atoms with E-state index in [1.165, 1.54) is 0 Å². The van der Waals surface area contributed by atoms with E-state index in [4.69, 9.17) is 4.52 Å². The van der Waals surface area contributed by atoms with Gasteiger partial charge in [0, 0.05) is 43.5 Å². The maximum atomic E-state index is 5.48. The van der Waals surface area contributed by atoms with Crippen molar-refractivity contribution in [1.82, 2.24) is 20.0 Å². The van der Waals surface area contributed by atoms with Crippen LogP contribution in [0, 0.1) is 6.92 Å². The first-order valence-electron chi connectivity index (χ1n) is 8.50. The van der Waals surface area contributed by atoms with Crippen LogP contribution in [0.5, 0.6) is 0 Å². The first-order valence-corrected chi connectivity index (χ1v) is 8.50. The highest BCUT2D eigenvalue weighted by atomic mass is 16.5. The van der Waals surface area contributed by atoms with Crippen molar-refractivity contribution in [2.75, 3.05) is 38.1 Å². The maximum Gasteiger partial charge on any atom is 0.258 e. The Labute approximate surface area is 147 Å². The number of likely N-dealkylation sites (N-methyl/N-ethyl adjacent to an activating group) is 1. The molecule has 0 N–H and O–H groups in total. The van der Waals surface area contributed by atoms with E-state index in [1.54, 1.807) is 0 Å². The van der Waals surface area contributed by atoms with Crippen LogP contribution < -0.4 is 4.90 Å². The Kier molecular flexibility index (Phi) is 4.19. The van der Waals surface area contributed by atoms with E-state index in [0.717, 1.165) is 48.7 Å². The van der Waals surface area contributed by atoms with Gasteiger partial charge in [0.25, 0.3) is 5.89 Å². The zero-order chi connectivity index (χ0) is 17.2. The number of pyridine rings is 1. The van der Waals surface area contributed by atoms with Gasteiger partial charge in [-0.2, -0.15) is 4.98 Å². The molecule has 0 radical (unpaired) electrons. The lowest BCUT2D eigenvalue weighted by Crippen LogP contribution is -2.44. The van der Waals surface area contributed by atoms with Crippen LogP contribution in [0.2, 0.25) is 0 Å². The molecular weight excluding hydrogens is 314 g/mol. The molecule has 0 amide bonds. The molecule has 1 aliphatic heterocycles. The third-order valence-corrected chi connectivity index (χ3v) is 4.63. The summed E-state index contributed by atoms with van der Waals surface area (Å²) in [7, 11) is 2.15. The molecule has 0 unspecified atom stereocenters. The predicted molar refractivity (Wildman–Crippen MR) is 97.4 cm³/mol. The molecule has 0 bridgehead atoms. The van der Waals surface area contributed by atoms with Crippen molar-refractivity contribution in [3.8, 4) is 22.8 Å². The quantitative estimate of drug-likeness (QED) is 0.733. The third-order valence-electron chi connectivity index (χ3n) is 4.63. The third kappa shape index (κ3) is 3.25. The van der Waals surface area contributed by atoms with Crippen LogP contribution in [-0.2, 0) is 0 Å². The Morgan fingerprint density at radius 1 is 1.04 bits per heavy atom. The van der Waals surface area contributed by atoms with Gasteiger partial charge in [-0.1, -0.05) is 23.4 Å². The second-order valence-electron chi connectivity index (χ2n) is 6.43. The van der Waals surface area contributed by atoms with Crippen molar-refractivity contribution in [3.63, 3.8) is 0 Å². The van der Waals surface area contributed by atoms with Gasteiger partial charge < -0.3 is 14.3 Å². The van der Waals surface area contributed by atoms with E-state index in [9.17, 15) is 0 Å². The molecule has 25 heavy (non-hydrogen) atoms. The number of anilines is 1. The molecule has 2 aromatic heterocycles. The van der Waals surface area contributed by atoms with E-state index in [0.29, 0.717) is 11.7 Å². The fourth-order valence-electron chi connectivity index (χ4n) is 3.03. The van der Waals surface area contributed by atoms with E-state index in [1.807, 2.05) is 49.5 Å². The number of piperazine rings is 1. The maximum absolute atomic E-state index is 5.48. The largest absolute Gasteiger partial charge is 0.354 e. The normalized spacial score (nSPS) is 15.5. The number of aryl methyl sites for hydroxylation is 1. The first-order chi connectivity index (χ1) is 12.2. The van der Waals surface area contributed by atoms with Crippen molar-refractivity contribution in [1.29, 1.82) is 0 Å². The predicted octanol–water partition coefficient (Wildman–Crippen LogP) is 2.86. The van der Waals surface area contributed by atoms with Crippen LogP contribution in [0.4, 0.5) is 5.82 Å². The zero-order valence-electron chi connectivity index (χ0n) is 14.5. The monoisotopic (exact) mass is 335 g/mol. The molecule has 0 saturated carbocycles. The Morgan fingerprint density at radius 3 is 2.64 bits per heavy atom. The number of nitrogens with zero attached hydrogens (tertiary/aromatic N) is 5. The van der Waals surface area contributed by atoms with E-state index >= 15 is 0 Å². The second kappa shape index (κ2) is 6.64. The Balaban J connectivity index is 1.61. The minimum Gasteiger partial charge on any atom is -0.354 e. The number of hydrogen-bond acceptors (Lipinski definition) is 6. The number of benzene rings is 1. The SMILES string of the molecule is Cc1ccccc1-c1nc(-c2ccnc(N3CCN(C)CC3)c2)no1. The van der Waals surface area contributed by atoms with Gasteiger partial charge in [0.05, 0.1) is 0 Å². The molecule has 1 aliphatic rings. The molecule has 1 fully saturated rings. The minimum atomic E-state index is 0.547. The molecule has 6 heteroatoms. The smallest absolute Gasteiger partial charge is 0.258 e. The molecule has 3 heterocycles. The fourth-order valence-corrected chi connectivity index (χ4v) is 3.03. The van der Waals surface area contributed by atoms with Crippen LogP contribution in [0.3, 0.4) is 0 Å². The van der Waals surface area contributed by atoms with Gasteiger partial charge in [0.2, 0.25) is 5.82 Å². The van der Waals surface area contributed by atoms with Crippen LogP contribution in [0.15, 0.2) is 47.1 Å². The highest BCUT2D eigenvalue weighted by Crippen LogP contribution is 2.26. The summed E-state index contributed by atoms with van der Waals surface area (Å²) < 4.78 is 5.48. The molecule has 4 rings (SSSR count). The summed E-state index contributed by atoms with van der Waals surface area (Å²) in [6, 6.07) is 12.0. The van der Waals surface area contributed by atoms with E-state index < -0.39 is 0 Å². The molecule has 0 spiro atoms. The Morgan fingerprint density at radius 2 is 1.84 bits per heavy atom. The highest BCUT2D eigenvalue weighted by molar-refractivity contribution is 5.64. The lowest BCUT2D eigenvalue weighted by molar-refractivity contribution is 0.312. The molecule has 1 saturated heterocycles. The van der Waals surface area contributed by atoms with Gasteiger partial charge in [-0.3, -0.25) is 0 Å². The van der Waals surface area contributed by atoms with Crippen LogP contribution in [0.1, 0.15) is 5.56 Å². The molecule has 0 aliphatic carbocycles. The van der Waals surface area contributed by atoms with Gasteiger partial charge in [-0.05, 0) is 37.7 Å². The minimum absolute atomic E-state index is 0.547. The van der Waals surface area contributed by atoms with Crippen molar-refractivity contribution >= 4 is 5.82 Å². The summed E-state index contributed by atoms with van der Waals surface area (Å²) in [4.78, 5) is 13.7. The number of hydrogen-bond donors (Lipinski definition) is 0. The van der Waals surface area contributed by atoms with Gasteiger partial charge >= 0.3 is 0 Å². The lowest BCUT2D eigenvalue weighted by atomic mass is 10.1. The van der Waals surface area contributed by atoms with Gasteiger partial charge in [0.15, 0.2) is 0 Å². The van der Waals surface area contributed by atoms with Crippen molar-refractivity contribution in [2.24, 2.45) is 0 Å². The number of rotatable bonds is 3. The summed E-state index contributed by atoms with van der Waals surface area (Å²) in [5, 5.41) is 4.16. The van der Waals surface area contributed by atoms with Crippen LogP contribution in [-0.4, -0.2) is 53.3 Å². The van der Waals surface area contributed by atoms with Gasteiger partial charge in [0.1, 0.15) is 5.82 Å². The van der Waals surface area contributed by atoms with Gasteiger partial charge in [-0.15, -0.1) is 0 Å². The highest BCUT2D eigenvalue weighted by Gasteiger charge is 2.17. The second-order valence-corrected chi connectivity index (χ2v) is 6.43. The average Bonchev–Trinajstić information content (AvgIpc) is 3.13. The van der Waals surface area contributed by atoms with Gasteiger partial charge in [-0.25, -0.2) is 4.98 Å². The van der Waals surface area contributed by atoms with E-state index in [-0.39, 0.29) is 0 Å². The van der Waals surface area contributed by atoms with Crippen molar-refractivity contribution in [2.45, 2.75) is 6.92 Å². The zero-order valence-corrected chi connectivity index (χ0v) is 14.5. The molecule has 3 aromatic rings. The summed E-state index contributed by atoms with van der Waals surface area (Å²) in [5.41, 5.74) is 3.01. The summed E-state index contributed by atoms with van der Waals surface area (Å²) in [6.07, 6.45) is 1.81. The van der Waals surface area contributed by atoms with E-state index in [2.05, 4.69) is 32.0 Å². The molecule has 0 atom stereocenters. The van der Waals surface area contributed by atoms with Crippen LogP contribution >= 0.6 is 0 Å². The van der Waals surface area contributed by atoms with Crippen molar-refractivity contribution in [3.05, 3.63) is 48.2 Å².